The standard InChI is InChI=1S/C12H18BrN3O/c1-15(2)8-5-9-16(3)12(17)10-6-4-7-14-11(10)13/h4,6-7H,5,8-9H2,1-3H3. The molecule has 0 bridgehead atoms. The molecule has 5 heteroatoms. The summed E-state index contributed by atoms with van der Waals surface area (Å²) >= 11 is 3.29. The predicted molar refractivity (Wildman–Crippen MR) is 72.1 cm³/mol. The van der Waals surface area contributed by atoms with Crippen molar-refractivity contribution in [3.8, 4) is 0 Å². The lowest BCUT2D eigenvalue weighted by atomic mass is 10.2. The van der Waals surface area contributed by atoms with Crippen LogP contribution in [0, 0.1) is 0 Å². The molecule has 0 aromatic carbocycles. The van der Waals surface area contributed by atoms with Crippen LogP contribution in [0.15, 0.2) is 22.9 Å². The van der Waals surface area contributed by atoms with Gasteiger partial charge in [-0.05, 0) is 55.1 Å². The molecule has 17 heavy (non-hydrogen) atoms. The minimum absolute atomic E-state index is 0.00345. The molecule has 0 aliphatic rings. The number of aromatic nitrogens is 1. The zero-order chi connectivity index (χ0) is 12.8. The number of carbonyl (C=O) groups excluding carboxylic acids is 1. The van der Waals surface area contributed by atoms with Gasteiger partial charge in [0.2, 0.25) is 0 Å². The van der Waals surface area contributed by atoms with Gasteiger partial charge in [0.15, 0.2) is 0 Å². The molecule has 1 amide bonds. The van der Waals surface area contributed by atoms with Crippen LogP contribution in [-0.4, -0.2) is 54.9 Å². The zero-order valence-electron chi connectivity index (χ0n) is 10.5. The monoisotopic (exact) mass is 299 g/mol. The molecular formula is C12H18BrN3O. The summed E-state index contributed by atoms with van der Waals surface area (Å²) in [4.78, 5) is 20.0. The van der Waals surface area contributed by atoms with Gasteiger partial charge >= 0.3 is 0 Å². The van der Waals surface area contributed by atoms with Crippen molar-refractivity contribution in [2.24, 2.45) is 0 Å². The second kappa shape index (κ2) is 6.71. The van der Waals surface area contributed by atoms with Gasteiger partial charge in [-0.3, -0.25) is 4.79 Å². The normalized spacial score (nSPS) is 10.6. The number of hydrogen-bond acceptors (Lipinski definition) is 3. The molecule has 1 rings (SSSR count). The van der Waals surface area contributed by atoms with E-state index in [-0.39, 0.29) is 5.91 Å². The Labute approximate surface area is 111 Å². The Morgan fingerprint density at radius 3 is 2.65 bits per heavy atom. The Morgan fingerprint density at radius 1 is 1.35 bits per heavy atom. The Morgan fingerprint density at radius 2 is 2.06 bits per heavy atom. The summed E-state index contributed by atoms with van der Waals surface area (Å²) in [5.41, 5.74) is 0.611. The first-order valence-corrected chi connectivity index (χ1v) is 6.32. The summed E-state index contributed by atoms with van der Waals surface area (Å²) in [5, 5.41) is 0. The number of amides is 1. The van der Waals surface area contributed by atoms with Crippen LogP contribution in [0.25, 0.3) is 0 Å². The molecule has 0 atom stereocenters. The van der Waals surface area contributed by atoms with Crippen molar-refractivity contribution in [1.82, 2.24) is 14.8 Å². The van der Waals surface area contributed by atoms with Gasteiger partial charge in [0.1, 0.15) is 4.60 Å². The summed E-state index contributed by atoms with van der Waals surface area (Å²) in [6.45, 7) is 1.73. The number of halogens is 1. The lowest BCUT2D eigenvalue weighted by molar-refractivity contribution is 0.0789. The van der Waals surface area contributed by atoms with Gasteiger partial charge in [-0.1, -0.05) is 0 Å². The van der Waals surface area contributed by atoms with E-state index in [9.17, 15) is 4.79 Å². The molecule has 0 N–H and O–H groups in total. The van der Waals surface area contributed by atoms with Crippen LogP contribution in [0.4, 0.5) is 0 Å². The Bertz CT molecular complexity index is 382. The van der Waals surface area contributed by atoms with Gasteiger partial charge in [0.25, 0.3) is 5.91 Å². The van der Waals surface area contributed by atoms with Crippen molar-refractivity contribution >= 4 is 21.8 Å². The topological polar surface area (TPSA) is 36.4 Å². The highest BCUT2D eigenvalue weighted by atomic mass is 79.9. The third-order valence-corrected chi connectivity index (χ3v) is 3.07. The molecule has 94 valence electrons. The molecule has 0 radical (unpaired) electrons. The molecule has 1 aromatic heterocycles. The van der Waals surface area contributed by atoms with Crippen LogP contribution in [0.1, 0.15) is 16.8 Å². The van der Waals surface area contributed by atoms with E-state index in [0.717, 1.165) is 19.5 Å². The van der Waals surface area contributed by atoms with Crippen LogP contribution >= 0.6 is 15.9 Å². The van der Waals surface area contributed by atoms with Crippen LogP contribution < -0.4 is 0 Å². The number of carbonyl (C=O) groups is 1. The minimum Gasteiger partial charge on any atom is -0.342 e. The van der Waals surface area contributed by atoms with E-state index in [4.69, 9.17) is 0 Å². The van der Waals surface area contributed by atoms with Crippen molar-refractivity contribution in [1.29, 1.82) is 0 Å². The van der Waals surface area contributed by atoms with Crippen LogP contribution in [0.2, 0.25) is 0 Å². The second-order valence-corrected chi connectivity index (χ2v) is 4.98. The molecule has 0 unspecified atom stereocenters. The summed E-state index contributed by atoms with van der Waals surface area (Å²) in [5.74, 6) is 0.00345. The molecule has 0 aliphatic heterocycles. The molecule has 1 aromatic rings. The fourth-order valence-corrected chi connectivity index (χ4v) is 1.90. The Kier molecular flexibility index (Phi) is 5.58. The average Bonchev–Trinajstić information content (AvgIpc) is 2.28. The van der Waals surface area contributed by atoms with E-state index in [2.05, 4.69) is 25.8 Å². The van der Waals surface area contributed by atoms with Gasteiger partial charge in [0, 0.05) is 19.8 Å². The Hall–Kier alpha value is -0.940. The highest BCUT2D eigenvalue weighted by Gasteiger charge is 2.14. The van der Waals surface area contributed by atoms with Gasteiger partial charge < -0.3 is 9.80 Å². The molecule has 0 spiro atoms. The van der Waals surface area contributed by atoms with Crippen LogP contribution in [0.5, 0.6) is 0 Å². The maximum absolute atomic E-state index is 12.1. The van der Waals surface area contributed by atoms with E-state index in [1.165, 1.54) is 0 Å². The fourth-order valence-electron chi connectivity index (χ4n) is 1.48. The predicted octanol–water partition coefficient (Wildman–Crippen LogP) is 1.87. The van der Waals surface area contributed by atoms with Gasteiger partial charge in [-0.15, -0.1) is 0 Å². The van der Waals surface area contributed by atoms with E-state index in [1.54, 1.807) is 23.2 Å². The van der Waals surface area contributed by atoms with E-state index in [1.807, 2.05) is 21.1 Å². The average molecular weight is 300 g/mol. The third-order valence-electron chi connectivity index (χ3n) is 2.44. The molecule has 4 nitrogen and oxygen atoms in total. The molecule has 0 fully saturated rings. The summed E-state index contributed by atoms with van der Waals surface area (Å²) in [6.07, 6.45) is 2.63. The smallest absolute Gasteiger partial charge is 0.256 e. The van der Waals surface area contributed by atoms with Crippen LogP contribution in [0.3, 0.4) is 0 Å². The summed E-state index contributed by atoms with van der Waals surface area (Å²) in [7, 11) is 5.87. The number of rotatable bonds is 5. The molecule has 0 aliphatic carbocycles. The molecular weight excluding hydrogens is 282 g/mol. The molecule has 1 heterocycles. The lowest BCUT2D eigenvalue weighted by Crippen LogP contribution is -2.30. The molecule has 0 saturated heterocycles. The van der Waals surface area contributed by atoms with Crippen molar-refractivity contribution < 1.29 is 4.79 Å². The largest absolute Gasteiger partial charge is 0.342 e. The lowest BCUT2D eigenvalue weighted by Gasteiger charge is -2.18. The number of hydrogen-bond donors (Lipinski definition) is 0. The highest BCUT2D eigenvalue weighted by Crippen LogP contribution is 2.14. The Balaban J connectivity index is 2.55. The van der Waals surface area contributed by atoms with Gasteiger partial charge in [0.05, 0.1) is 5.56 Å². The van der Waals surface area contributed by atoms with E-state index in [0.29, 0.717) is 10.2 Å². The summed E-state index contributed by atoms with van der Waals surface area (Å²) < 4.78 is 0.601. The van der Waals surface area contributed by atoms with Crippen molar-refractivity contribution in [2.45, 2.75) is 6.42 Å². The van der Waals surface area contributed by atoms with Gasteiger partial charge in [-0.25, -0.2) is 4.98 Å². The number of pyridine rings is 1. The first-order valence-electron chi connectivity index (χ1n) is 5.53. The van der Waals surface area contributed by atoms with Crippen LogP contribution in [-0.2, 0) is 0 Å². The minimum atomic E-state index is 0.00345. The van der Waals surface area contributed by atoms with E-state index < -0.39 is 0 Å². The highest BCUT2D eigenvalue weighted by molar-refractivity contribution is 9.10. The zero-order valence-corrected chi connectivity index (χ0v) is 12.1. The number of nitrogens with zero attached hydrogens (tertiary/aromatic N) is 3. The van der Waals surface area contributed by atoms with Gasteiger partial charge in [-0.2, -0.15) is 0 Å². The third kappa shape index (κ3) is 4.44. The SMILES string of the molecule is CN(C)CCCN(C)C(=O)c1cccnc1Br. The molecule has 0 saturated carbocycles. The fraction of sp³-hybridized carbons (Fsp3) is 0.500. The summed E-state index contributed by atoms with van der Waals surface area (Å²) in [6, 6.07) is 3.55. The maximum Gasteiger partial charge on any atom is 0.256 e. The maximum atomic E-state index is 12.1. The van der Waals surface area contributed by atoms with E-state index >= 15 is 0 Å². The quantitative estimate of drug-likeness (QED) is 0.779. The first-order chi connectivity index (χ1) is 8.02. The van der Waals surface area contributed by atoms with Crippen molar-refractivity contribution in [3.63, 3.8) is 0 Å². The second-order valence-electron chi connectivity index (χ2n) is 4.23. The van der Waals surface area contributed by atoms with Crippen molar-refractivity contribution in [2.75, 3.05) is 34.2 Å². The van der Waals surface area contributed by atoms with Crippen molar-refractivity contribution in [3.05, 3.63) is 28.5 Å². The first kappa shape index (κ1) is 14.1.